The summed E-state index contributed by atoms with van der Waals surface area (Å²) in [4.78, 5) is 13.3. The van der Waals surface area contributed by atoms with Gasteiger partial charge in [0, 0.05) is 6.54 Å². The molecule has 0 heterocycles. The number of amides is 1. The molecule has 3 heteroatoms. The Morgan fingerprint density at radius 1 is 1.62 bits per heavy atom. The van der Waals surface area contributed by atoms with Crippen LogP contribution < -0.4 is 0 Å². The Kier molecular flexibility index (Phi) is 4.11. The lowest BCUT2D eigenvalue weighted by Gasteiger charge is -2.27. The largest absolute Gasteiger partial charge is 0.508 e. The quantitative estimate of drug-likeness (QED) is 0.790. The van der Waals surface area contributed by atoms with Crippen LogP contribution in [0.3, 0.4) is 0 Å². The molecule has 0 aromatic heterocycles. The van der Waals surface area contributed by atoms with Gasteiger partial charge in [-0.2, -0.15) is 0 Å². The van der Waals surface area contributed by atoms with Crippen LogP contribution in [0.1, 0.15) is 25.5 Å². The molecule has 0 fully saturated rings. The predicted molar refractivity (Wildman–Crippen MR) is 64.1 cm³/mol. The molecule has 1 aromatic rings. The molecule has 0 aliphatic heterocycles. The summed E-state index contributed by atoms with van der Waals surface area (Å²) in [5.74, 6) is 0.116. The van der Waals surface area contributed by atoms with E-state index in [1.807, 2.05) is 19.9 Å². The lowest BCUT2D eigenvalue weighted by atomic mass is 10.1. The minimum atomic E-state index is -0.0988. The van der Waals surface area contributed by atoms with Gasteiger partial charge in [0.25, 0.3) is 0 Å². The first kappa shape index (κ1) is 12.3. The fourth-order valence-electron chi connectivity index (χ4n) is 1.70. The average Bonchev–Trinajstić information content (AvgIpc) is 2.29. The van der Waals surface area contributed by atoms with Crippen molar-refractivity contribution < 1.29 is 9.90 Å². The summed E-state index contributed by atoms with van der Waals surface area (Å²) >= 11 is 0. The van der Waals surface area contributed by atoms with E-state index in [1.165, 1.54) is 6.08 Å². The summed E-state index contributed by atoms with van der Waals surface area (Å²) in [5, 5.41) is 9.39. The van der Waals surface area contributed by atoms with Crippen molar-refractivity contribution in [2.24, 2.45) is 0 Å². The zero-order chi connectivity index (χ0) is 12.1. The molecule has 0 saturated carbocycles. The molecule has 86 valence electrons. The minimum Gasteiger partial charge on any atom is -0.508 e. The number of rotatable bonds is 4. The highest BCUT2D eigenvalue weighted by Crippen LogP contribution is 2.23. The molecule has 1 unspecified atom stereocenters. The smallest absolute Gasteiger partial charge is 0.246 e. The molecule has 1 atom stereocenters. The highest BCUT2D eigenvalue weighted by molar-refractivity contribution is 5.87. The summed E-state index contributed by atoms with van der Waals surface area (Å²) < 4.78 is 0. The second-order valence-corrected chi connectivity index (χ2v) is 3.60. The fourth-order valence-corrected chi connectivity index (χ4v) is 1.70. The molecule has 3 nitrogen and oxygen atoms in total. The number of hydrogen-bond acceptors (Lipinski definition) is 2. The molecule has 0 spiro atoms. The van der Waals surface area contributed by atoms with Crippen LogP contribution in [0, 0.1) is 0 Å². The van der Waals surface area contributed by atoms with Crippen molar-refractivity contribution in [3.63, 3.8) is 0 Å². The first-order valence-corrected chi connectivity index (χ1v) is 5.32. The first-order valence-electron chi connectivity index (χ1n) is 5.32. The molecule has 0 bridgehead atoms. The average molecular weight is 219 g/mol. The molecule has 0 radical (unpaired) electrons. The number of likely N-dealkylation sites (N-methyl/N-ethyl adjacent to an activating group) is 1. The van der Waals surface area contributed by atoms with Crippen LogP contribution in [0.2, 0.25) is 0 Å². The summed E-state index contributed by atoms with van der Waals surface area (Å²) in [7, 11) is 0. The van der Waals surface area contributed by atoms with Crippen LogP contribution in [-0.2, 0) is 4.79 Å². The van der Waals surface area contributed by atoms with Gasteiger partial charge >= 0.3 is 0 Å². The van der Waals surface area contributed by atoms with Gasteiger partial charge in [-0.05, 0) is 37.6 Å². The number of nitrogens with zero attached hydrogens (tertiary/aromatic N) is 1. The third-order valence-electron chi connectivity index (χ3n) is 2.62. The van der Waals surface area contributed by atoms with E-state index in [1.54, 1.807) is 23.1 Å². The topological polar surface area (TPSA) is 40.5 Å². The number of phenolic OH excluding ortho intramolecular Hbond substituents is 1. The second-order valence-electron chi connectivity index (χ2n) is 3.60. The summed E-state index contributed by atoms with van der Waals surface area (Å²) in [6.45, 7) is 7.94. The lowest BCUT2D eigenvalue weighted by Crippen LogP contribution is -2.31. The lowest BCUT2D eigenvalue weighted by molar-refractivity contribution is -0.127. The minimum absolute atomic E-state index is 0.0670. The van der Waals surface area contributed by atoms with E-state index in [0.717, 1.165) is 5.56 Å². The number of hydrogen-bond donors (Lipinski definition) is 1. The van der Waals surface area contributed by atoms with Gasteiger partial charge in [0.2, 0.25) is 5.91 Å². The molecular formula is C13H17NO2. The summed E-state index contributed by atoms with van der Waals surface area (Å²) in [6.07, 6.45) is 1.31. The number of carbonyl (C=O) groups is 1. The third kappa shape index (κ3) is 2.63. The number of aromatic hydroxyl groups is 1. The van der Waals surface area contributed by atoms with Crippen molar-refractivity contribution in [2.45, 2.75) is 19.9 Å². The van der Waals surface area contributed by atoms with Crippen LogP contribution in [0.15, 0.2) is 36.9 Å². The Hall–Kier alpha value is -1.77. The van der Waals surface area contributed by atoms with E-state index < -0.39 is 0 Å². The molecule has 0 aliphatic carbocycles. The van der Waals surface area contributed by atoms with Gasteiger partial charge in [-0.3, -0.25) is 4.79 Å². The Balaban J connectivity index is 2.95. The Morgan fingerprint density at radius 3 is 2.81 bits per heavy atom. The van der Waals surface area contributed by atoms with Gasteiger partial charge in [-0.1, -0.05) is 18.7 Å². The molecule has 1 N–H and O–H groups in total. The second kappa shape index (κ2) is 5.35. The zero-order valence-corrected chi connectivity index (χ0v) is 9.68. The van der Waals surface area contributed by atoms with E-state index in [0.29, 0.717) is 6.54 Å². The van der Waals surface area contributed by atoms with Gasteiger partial charge in [-0.15, -0.1) is 0 Å². The highest BCUT2D eigenvalue weighted by Gasteiger charge is 2.17. The van der Waals surface area contributed by atoms with E-state index in [9.17, 15) is 9.90 Å². The maximum absolute atomic E-state index is 11.6. The summed E-state index contributed by atoms with van der Waals surface area (Å²) in [6, 6.07) is 6.88. The van der Waals surface area contributed by atoms with Crippen LogP contribution in [0.25, 0.3) is 0 Å². The van der Waals surface area contributed by atoms with Crippen molar-refractivity contribution in [3.05, 3.63) is 42.5 Å². The maximum atomic E-state index is 11.6. The SMILES string of the molecule is C=CC(=O)N(CC)C(C)c1cccc(O)c1. The number of benzene rings is 1. The first-order chi connectivity index (χ1) is 7.60. The molecule has 16 heavy (non-hydrogen) atoms. The van der Waals surface area contributed by atoms with Crippen molar-refractivity contribution in [2.75, 3.05) is 6.54 Å². The van der Waals surface area contributed by atoms with Crippen LogP contribution in [-0.4, -0.2) is 22.5 Å². The molecule has 1 rings (SSSR count). The molecule has 0 saturated heterocycles. The van der Waals surface area contributed by atoms with Crippen molar-refractivity contribution in [1.29, 1.82) is 0 Å². The highest BCUT2D eigenvalue weighted by atomic mass is 16.3. The van der Waals surface area contributed by atoms with Crippen molar-refractivity contribution in [1.82, 2.24) is 4.90 Å². The van der Waals surface area contributed by atoms with Crippen LogP contribution in [0.4, 0.5) is 0 Å². The van der Waals surface area contributed by atoms with Gasteiger partial charge in [0.1, 0.15) is 5.75 Å². The van der Waals surface area contributed by atoms with E-state index in [4.69, 9.17) is 0 Å². The Bertz CT molecular complexity index is 387. The van der Waals surface area contributed by atoms with Crippen molar-refractivity contribution >= 4 is 5.91 Å². The monoisotopic (exact) mass is 219 g/mol. The van der Waals surface area contributed by atoms with Crippen LogP contribution >= 0.6 is 0 Å². The van der Waals surface area contributed by atoms with Gasteiger partial charge in [0.15, 0.2) is 0 Å². The van der Waals surface area contributed by atoms with Gasteiger partial charge in [-0.25, -0.2) is 0 Å². The fraction of sp³-hybridized carbons (Fsp3) is 0.308. The van der Waals surface area contributed by atoms with E-state index in [-0.39, 0.29) is 17.7 Å². The Morgan fingerprint density at radius 2 is 2.31 bits per heavy atom. The summed E-state index contributed by atoms with van der Waals surface area (Å²) in [5.41, 5.74) is 0.914. The molecule has 1 amide bonds. The van der Waals surface area contributed by atoms with Crippen molar-refractivity contribution in [3.8, 4) is 5.75 Å². The molecule has 0 aliphatic rings. The molecule has 1 aromatic carbocycles. The standard InChI is InChI=1S/C13H17NO2/c1-4-13(16)14(5-2)10(3)11-7-6-8-12(15)9-11/h4,6-10,15H,1,5H2,2-3H3. The van der Waals surface area contributed by atoms with Gasteiger partial charge < -0.3 is 10.0 Å². The normalized spacial score (nSPS) is 11.9. The zero-order valence-electron chi connectivity index (χ0n) is 9.68. The van der Waals surface area contributed by atoms with Gasteiger partial charge in [0.05, 0.1) is 6.04 Å². The Labute approximate surface area is 96.0 Å². The predicted octanol–water partition coefficient (Wildman–Crippen LogP) is 2.49. The maximum Gasteiger partial charge on any atom is 0.246 e. The van der Waals surface area contributed by atoms with E-state index >= 15 is 0 Å². The third-order valence-corrected chi connectivity index (χ3v) is 2.62. The van der Waals surface area contributed by atoms with E-state index in [2.05, 4.69) is 6.58 Å². The number of phenols is 1. The number of carbonyl (C=O) groups excluding carboxylic acids is 1. The molecular weight excluding hydrogens is 202 g/mol. The van der Waals surface area contributed by atoms with Crippen LogP contribution in [0.5, 0.6) is 5.75 Å².